The number of anilines is 1. The van der Waals surface area contributed by atoms with Gasteiger partial charge in [-0.2, -0.15) is 0 Å². The predicted octanol–water partition coefficient (Wildman–Crippen LogP) is 2.66. The largest absolute Gasteiger partial charge is 0.350 e. The Labute approximate surface area is 182 Å². The number of carbonyl (C=O) groups is 3. The maximum atomic E-state index is 13.0. The van der Waals surface area contributed by atoms with Gasteiger partial charge in [0.1, 0.15) is 5.82 Å². The average Bonchev–Trinajstić information content (AvgIpc) is 2.96. The van der Waals surface area contributed by atoms with Crippen LogP contribution in [0.3, 0.4) is 0 Å². The highest BCUT2D eigenvalue weighted by Crippen LogP contribution is 2.31. The van der Waals surface area contributed by atoms with Gasteiger partial charge in [-0.15, -0.1) is 0 Å². The van der Waals surface area contributed by atoms with Crippen LogP contribution in [0, 0.1) is 5.82 Å². The van der Waals surface area contributed by atoms with Gasteiger partial charge in [-0.1, -0.05) is 12.1 Å². The highest BCUT2D eigenvalue weighted by molar-refractivity contribution is 8.18. The summed E-state index contributed by atoms with van der Waals surface area (Å²) in [6.07, 6.45) is 2.53. The van der Waals surface area contributed by atoms with Crippen LogP contribution in [0.5, 0.6) is 0 Å². The Balaban J connectivity index is 1.55. The quantitative estimate of drug-likeness (QED) is 0.611. The molecule has 0 bridgehead atoms. The van der Waals surface area contributed by atoms with Gasteiger partial charge < -0.3 is 5.32 Å². The second-order valence-corrected chi connectivity index (χ2v) is 9.33. The van der Waals surface area contributed by atoms with Gasteiger partial charge in [0.2, 0.25) is 10.0 Å². The zero-order chi connectivity index (χ0) is 22.6. The first kappa shape index (κ1) is 22.5. The van der Waals surface area contributed by atoms with E-state index in [0.29, 0.717) is 16.8 Å². The van der Waals surface area contributed by atoms with E-state index in [1.165, 1.54) is 54.6 Å². The van der Waals surface area contributed by atoms with Gasteiger partial charge in [0.15, 0.2) is 0 Å². The van der Waals surface area contributed by atoms with E-state index in [2.05, 4.69) is 10.0 Å². The summed E-state index contributed by atoms with van der Waals surface area (Å²) >= 11 is 0.778. The molecule has 1 saturated heterocycles. The molecule has 1 fully saturated rings. The lowest BCUT2D eigenvalue weighted by Crippen LogP contribution is -2.37. The normalized spacial score (nSPS) is 15.4. The molecule has 1 aliphatic heterocycles. The molecule has 0 unspecified atom stereocenters. The number of halogens is 1. The third-order valence-electron chi connectivity index (χ3n) is 4.11. The Morgan fingerprint density at radius 1 is 1.10 bits per heavy atom. The Morgan fingerprint density at radius 2 is 1.74 bits per heavy atom. The molecule has 2 aromatic carbocycles. The van der Waals surface area contributed by atoms with Gasteiger partial charge >= 0.3 is 0 Å². The molecule has 2 N–H and O–H groups in total. The molecule has 0 aromatic heterocycles. The van der Waals surface area contributed by atoms with Crippen LogP contribution in [0.1, 0.15) is 15.9 Å². The first-order valence-corrected chi connectivity index (χ1v) is 11.7. The summed E-state index contributed by atoms with van der Waals surface area (Å²) in [4.78, 5) is 38.1. The molecular formula is C20H18FN3O5S2. The van der Waals surface area contributed by atoms with E-state index in [4.69, 9.17) is 0 Å². The maximum Gasteiger partial charge on any atom is 0.293 e. The number of rotatable bonds is 7. The fourth-order valence-corrected chi connectivity index (χ4v) is 4.12. The third kappa shape index (κ3) is 6.15. The minimum atomic E-state index is -3.41. The van der Waals surface area contributed by atoms with E-state index in [1.54, 1.807) is 0 Å². The molecule has 2 aromatic rings. The number of hydrogen-bond acceptors (Lipinski definition) is 6. The summed E-state index contributed by atoms with van der Waals surface area (Å²) in [5, 5.41) is 2.16. The average molecular weight is 464 g/mol. The van der Waals surface area contributed by atoms with Crippen LogP contribution in [-0.2, 0) is 14.8 Å². The van der Waals surface area contributed by atoms with Crippen molar-refractivity contribution in [1.29, 1.82) is 0 Å². The van der Waals surface area contributed by atoms with Crippen LogP contribution in [0.15, 0.2) is 53.4 Å². The molecule has 8 nitrogen and oxygen atoms in total. The van der Waals surface area contributed by atoms with Crippen molar-refractivity contribution >= 4 is 50.6 Å². The zero-order valence-corrected chi connectivity index (χ0v) is 17.9. The van der Waals surface area contributed by atoms with Crippen molar-refractivity contribution in [1.82, 2.24) is 10.2 Å². The van der Waals surface area contributed by atoms with Gasteiger partial charge in [-0.25, -0.2) is 12.8 Å². The molecule has 0 aliphatic carbocycles. The Bertz CT molecular complexity index is 1150. The Morgan fingerprint density at radius 3 is 2.35 bits per heavy atom. The number of hydrogen-bond donors (Lipinski definition) is 2. The van der Waals surface area contributed by atoms with Crippen molar-refractivity contribution in [2.45, 2.75) is 0 Å². The SMILES string of the molecule is CS(=O)(=O)Nc1ccc(C(=O)NCCN2C(=O)S/C(=C\c3ccc(F)cc3)C2=O)cc1. The molecular weight excluding hydrogens is 445 g/mol. The Kier molecular flexibility index (Phi) is 6.76. The monoisotopic (exact) mass is 463 g/mol. The van der Waals surface area contributed by atoms with E-state index in [1.807, 2.05) is 0 Å². The van der Waals surface area contributed by atoms with Crippen molar-refractivity contribution in [3.63, 3.8) is 0 Å². The molecule has 3 rings (SSSR count). The molecule has 0 spiro atoms. The summed E-state index contributed by atoms with van der Waals surface area (Å²) in [6.45, 7) is 0.0366. The van der Waals surface area contributed by atoms with Crippen molar-refractivity contribution < 1.29 is 27.2 Å². The van der Waals surface area contributed by atoms with E-state index < -0.39 is 32.9 Å². The summed E-state index contributed by atoms with van der Waals surface area (Å²) in [5.41, 5.74) is 1.21. The van der Waals surface area contributed by atoms with Gasteiger partial charge in [0.05, 0.1) is 11.2 Å². The third-order valence-corrected chi connectivity index (χ3v) is 5.63. The van der Waals surface area contributed by atoms with Crippen LogP contribution in [0.4, 0.5) is 14.9 Å². The van der Waals surface area contributed by atoms with Crippen LogP contribution in [0.2, 0.25) is 0 Å². The number of carbonyl (C=O) groups excluding carboxylic acids is 3. The van der Waals surface area contributed by atoms with E-state index >= 15 is 0 Å². The zero-order valence-electron chi connectivity index (χ0n) is 16.3. The van der Waals surface area contributed by atoms with Gasteiger partial charge in [0, 0.05) is 24.3 Å². The molecule has 3 amide bonds. The number of sulfonamides is 1. The summed E-state index contributed by atoms with van der Waals surface area (Å²) in [5.74, 6) is -1.31. The highest BCUT2D eigenvalue weighted by atomic mass is 32.2. The van der Waals surface area contributed by atoms with Gasteiger partial charge in [-0.3, -0.25) is 24.0 Å². The Hall–Kier alpha value is -3.18. The number of nitrogens with zero attached hydrogens (tertiary/aromatic N) is 1. The standard InChI is InChI=1S/C20H18FN3O5S2/c1-31(28,29)23-16-8-4-14(5-9-16)18(25)22-10-11-24-19(26)17(30-20(24)27)12-13-2-6-15(21)7-3-13/h2-9,12,23H,10-11H2,1H3,(H,22,25)/b17-12-. The molecule has 162 valence electrons. The van der Waals surface area contributed by atoms with Gasteiger partial charge in [0.25, 0.3) is 17.1 Å². The molecule has 1 heterocycles. The predicted molar refractivity (Wildman–Crippen MR) is 116 cm³/mol. The summed E-state index contributed by atoms with van der Waals surface area (Å²) in [7, 11) is -3.41. The highest BCUT2D eigenvalue weighted by Gasteiger charge is 2.34. The molecule has 0 atom stereocenters. The van der Waals surface area contributed by atoms with Gasteiger partial charge in [-0.05, 0) is 59.8 Å². The van der Waals surface area contributed by atoms with Crippen LogP contribution in [-0.4, -0.2) is 49.7 Å². The number of amides is 3. The lowest BCUT2D eigenvalue weighted by Gasteiger charge is -2.13. The molecule has 0 saturated carbocycles. The molecule has 0 radical (unpaired) electrons. The van der Waals surface area contributed by atoms with E-state index in [9.17, 15) is 27.2 Å². The maximum absolute atomic E-state index is 13.0. The van der Waals surface area contributed by atoms with Crippen LogP contribution in [0.25, 0.3) is 6.08 Å². The summed E-state index contributed by atoms with van der Waals surface area (Å²) < 4.78 is 37.7. The molecule has 31 heavy (non-hydrogen) atoms. The smallest absolute Gasteiger partial charge is 0.293 e. The van der Waals surface area contributed by atoms with Crippen molar-refractivity contribution in [2.24, 2.45) is 0 Å². The number of benzene rings is 2. The first-order valence-electron chi connectivity index (χ1n) is 8.99. The lowest BCUT2D eigenvalue weighted by atomic mass is 10.2. The second kappa shape index (κ2) is 9.31. The number of imide groups is 1. The van der Waals surface area contributed by atoms with E-state index in [0.717, 1.165) is 22.9 Å². The lowest BCUT2D eigenvalue weighted by molar-refractivity contribution is -0.122. The number of nitrogens with one attached hydrogen (secondary N) is 2. The van der Waals surface area contributed by atoms with Crippen LogP contribution < -0.4 is 10.0 Å². The van der Waals surface area contributed by atoms with E-state index in [-0.39, 0.29) is 18.0 Å². The van der Waals surface area contributed by atoms with Crippen LogP contribution >= 0.6 is 11.8 Å². The minimum Gasteiger partial charge on any atom is -0.350 e. The topological polar surface area (TPSA) is 113 Å². The number of thioether (sulfide) groups is 1. The first-order chi connectivity index (χ1) is 14.6. The van der Waals surface area contributed by atoms with Crippen molar-refractivity contribution in [3.8, 4) is 0 Å². The minimum absolute atomic E-state index is 0.00905. The van der Waals surface area contributed by atoms with Crippen molar-refractivity contribution in [2.75, 3.05) is 24.1 Å². The molecule has 1 aliphatic rings. The second-order valence-electron chi connectivity index (χ2n) is 6.59. The fourth-order valence-electron chi connectivity index (χ4n) is 2.69. The fraction of sp³-hybridized carbons (Fsp3) is 0.150. The summed E-state index contributed by atoms with van der Waals surface area (Å²) in [6, 6.07) is 11.3. The molecule has 11 heteroatoms. The van der Waals surface area contributed by atoms with Crippen molar-refractivity contribution in [3.05, 3.63) is 70.4 Å².